The maximum absolute atomic E-state index is 13.6. The molecular weight excluding hydrogens is 347 g/mol. The molecule has 1 heterocycles. The second-order valence-corrected chi connectivity index (χ2v) is 6.58. The van der Waals surface area contributed by atoms with Gasteiger partial charge in [-0.15, -0.1) is 0 Å². The standard InChI is InChI=1S/C13H12BrFN2O2S/c14-8-4-11-10(5-9(8)15)16-13(20-6-12(18)19)17(11)7-2-1-3-7/h4-5,7H,1-3,6H2,(H,18,19). The molecule has 0 aliphatic heterocycles. The van der Waals surface area contributed by atoms with Crippen LogP contribution in [0.25, 0.3) is 11.0 Å². The van der Waals surface area contributed by atoms with Crippen LogP contribution in [-0.2, 0) is 4.79 Å². The number of benzene rings is 1. The molecule has 1 aliphatic rings. The number of hydrogen-bond acceptors (Lipinski definition) is 3. The molecule has 1 aromatic carbocycles. The van der Waals surface area contributed by atoms with Crippen LogP contribution >= 0.6 is 27.7 Å². The molecule has 0 spiro atoms. The monoisotopic (exact) mass is 358 g/mol. The Kier molecular flexibility index (Phi) is 3.72. The highest BCUT2D eigenvalue weighted by Crippen LogP contribution is 2.39. The number of carboxylic acid groups (broad SMARTS) is 1. The van der Waals surface area contributed by atoms with Gasteiger partial charge in [-0.05, 0) is 41.3 Å². The fraction of sp³-hybridized carbons (Fsp3) is 0.385. The molecule has 106 valence electrons. The summed E-state index contributed by atoms with van der Waals surface area (Å²) in [6.45, 7) is 0. The van der Waals surface area contributed by atoms with Crippen LogP contribution in [-0.4, -0.2) is 26.4 Å². The summed E-state index contributed by atoms with van der Waals surface area (Å²) >= 11 is 4.38. The number of halogens is 2. The summed E-state index contributed by atoms with van der Waals surface area (Å²) in [5, 5.41) is 9.47. The summed E-state index contributed by atoms with van der Waals surface area (Å²) < 4.78 is 16.1. The van der Waals surface area contributed by atoms with Crippen molar-refractivity contribution in [2.75, 3.05) is 5.75 Å². The molecule has 0 radical (unpaired) electrons. The van der Waals surface area contributed by atoms with Gasteiger partial charge < -0.3 is 9.67 Å². The number of thioether (sulfide) groups is 1. The van der Waals surface area contributed by atoms with Gasteiger partial charge >= 0.3 is 5.97 Å². The molecule has 1 aromatic heterocycles. The van der Waals surface area contributed by atoms with Gasteiger partial charge in [0.1, 0.15) is 5.82 Å². The van der Waals surface area contributed by atoms with E-state index in [1.54, 1.807) is 6.07 Å². The first-order chi connectivity index (χ1) is 9.56. The number of carbonyl (C=O) groups is 1. The van der Waals surface area contributed by atoms with Gasteiger partial charge in [0.25, 0.3) is 0 Å². The number of rotatable bonds is 4. The maximum atomic E-state index is 13.6. The molecule has 2 aromatic rings. The van der Waals surface area contributed by atoms with Gasteiger partial charge in [-0.3, -0.25) is 4.79 Å². The predicted octanol–water partition coefficient (Wildman–Crippen LogP) is 3.84. The summed E-state index contributed by atoms with van der Waals surface area (Å²) in [6.07, 6.45) is 3.28. The Bertz CT molecular complexity index is 685. The van der Waals surface area contributed by atoms with Gasteiger partial charge in [0.2, 0.25) is 0 Å². The zero-order valence-electron chi connectivity index (χ0n) is 10.5. The third-order valence-corrected chi connectivity index (χ3v) is 5.01. The lowest BCUT2D eigenvalue weighted by atomic mass is 9.93. The molecule has 1 saturated carbocycles. The Hall–Kier alpha value is -1.08. The first-order valence-corrected chi connectivity index (χ1v) is 8.05. The van der Waals surface area contributed by atoms with Crippen molar-refractivity contribution in [3.05, 3.63) is 22.4 Å². The number of carboxylic acids is 1. The van der Waals surface area contributed by atoms with E-state index in [4.69, 9.17) is 5.11 Å². The largest absolute Gasteiger partial charge is 0.481 e. The lowest BCUT2D eigenvalue weighted by molar-refractivity contribution is -0.133. The Morgan fingerprint density at radius 2 is 2.30 bits per heavy atom. The van der Waals surface area contributed by atoms with Crippen molar-refractivity contribution in [1.82, 2.24) is 9.55 Å². The van der Waals surface area contributed by atoms with Gasteiger partial charge in [0.05, 0.1) is 21.3 Å². The highest BCUT2D eigenvalue weighted by atomic mass is 79.9. The zero-order valence-corrected chi connectivity index (χ0v) is 12.9. The van der Waals surface area contributed by atoms with Crippen molar-refractivity contribution in [2.24, 2.45) is 0 Å². The molecule has 1 aliphatic carbocycles. The number of aliphatic carboxylic acids is 1. The molecule has 3 rings (SSSR count). The van der Waals surface area contributed by atoms with Gasteiger partial charge in [0.15, 0.2) is 5.16 Å². The molecule has 1 fully saturated rings. The Balaban J connectivity index is 2.09. The molecule has 0 amide bonds. The van der Waals surface area contributed by atoms with Crippen molar-refractivity contribution in [1.29, 1.82) is 0 Å². The average molecular weight is 359 g/mol. The van der Waals surface area contributed by atoms with Crippen LogP contribution in [0.3, 0.4) is 0 Å². The SMILES string of the molecule is O=C(O)CSc1nc2cc(F)c(Br)cc2n1C1CCC1. The second kappa shape index (κ2) is 5.37. The normalized spacial score (nSPS) is 15.5. The number of nitrogens with zero attached hydrogens (tertiary/aromatic N) is 2. The van der Waals surface area contributed by atoms with Crippen LogP contribution in [0.1, 0.15) is 25.3 Å². The molecule has 1 N–H and O–H groups in total. The molecule has 7 heteroatoms. The van der Waals surface area contributed by atoms with Crippen molar-refractivity contribution in [3.8, 4) is 0 Å². The summed E-state index contributed by atoms with van der Waals surface area (Å²) in [5.41, 5.74) is 1.43. The van der Waals surface area contributed by atoms with Gasteiger partial charge in [-0.25, -0.2) is 9.37 Å². The summed E-state index contributed by atoms with van der Waals surface area (Å²) in [5.74, 6) is -1.28. The zero-order chi connectivity index (χ0) is 14.3. The number of imidazole rings is 1. The predicted molar refractivity (Wildman–Crippen MR) is 78.6 cm³/mol. The Labute approximate surface area is 127 Å². The summed E-state index contributed by atoms with van der Waals surface area (Å²) in [4.78, 5) is 15.1. The fourth-order valence-electron chi connectivity index (χ4n) is 2.29. The van der Waals surface area contributed by atoms with Crippen LogP contribution in [0.15, 0.2) is 21.8 Å². The minimum Gasteiger partial charge on any atom is -0.481 e. The fourth-order valence-corrected chi connectivity index (χ4v) is 3.43. The molecule has 0 atom stereocenters. The molecule has 0 bridgehead atoms. The van der Waals surface area contributed by atoms with E-state index in [9.17, 15) is 9.18 Å². The Morgan fingerprint density at radius 1 is 1.55 bits per heavy atom. The van der Waals surface area contributed by atoms with Crippen molar-refractivity contribution in [2.45, 2.75) is 30.5 Å². The maximum Gasteiger partial charge on any atom is 0.313 e. The third kappa shape index (κ3) is 2.44. The van der Waals surface area contributed by atoms with Crippen LogP contribution < -0.4 is 0 Å². The highest BCUT2D eigenvalue weighted by Gasteiger charge is 2.25. The molecular formula is C13H12BrFN2O2S. The van der Waals surface area contributed by atoms with E-state index in [1.165, 1.54) is 17.8 Å². The van der Waals surface area contributed by atoms with Gasteiger partial charge in [0, 0.05) is 12.1 Å². The van der Waals surface area contributed by atoms with Crippen LogP contribution in [0.5, 0.6) is 0 Å². The third-order valence-electron chi connectivity index (χ3n) is 3.46. The van der Waals surface area contributed by atoms with Crippen molar-refractivity contribution >= 4 is 44.7 Å². The lowest BCUT2D eigenvalue weighted by Crippen LogP contribution is -2.18. The van der Waals surface area contributed by atoms with Crippen molar-refractivity contribution in [3.63, 3.8) is 0 Å². The molecule has 4 nitrogen and oxygen atoms in total. The Morgan fingerprint density at radius 3 is 2.90 bits per heavy atom. The van der Waals surface area contributed by atoms with E-state index in [1.807, 2.05) is 0 Å². The summed E-state index contributed by atoms with van der Waals surface area (Å²) in [7, 11) is 0. The van der Waals surface area contributed by atoms with Crippen molar-refractivity contribution < 1.29 is 14.3 Å². The molecule has 0 unspecified atom stereocenters. The second-order valence-electron chi connectivity index (χ2n) is 4.79. The average Bonchev–Trinajstić information content (AvgIpc) is 2.64. The highest BCUT2D eigenvalue weighted by molar-refractivity contribution is 9.10. The minimum atomic E-state index is -0.880. The number of aromatic nitrogens is 2. The van der Waals surface area contributed by atoms with Crippen LogP contribution in [0.4, 0.5) is 4.39 Å². The smallest absolute Gasteiger partial charge is 0.313 e. The van der Waals surface area contributed by atoms with Gasteiger partial charge in [-0.1, -0.05) is 11.8 Å². The number of hydrogen-bond donors (Lipinski definition) is 1. The van der Waals surface area contributed by atoms with E-state index in [0.29, 0.717) is 21.2 Å². The quantitative estimate of drug-likeness (QED) is 0.843. The lowest BCUT2D eigenvalue weighted by Gasteiger charge is -2.28. The van der Waals surface area contributed by atoms with E-state index in [-0.39, 0.29) is 11.6 Å². The first-order valence-electron chi connectivity index (χ1n) is 6.28. The van der Waals surface area contributed by atoms with E-state index < -0.39 is 5.97 Å². The summed E-state index contributed by atoms with van der Waals surface area (Å²) in [6, 6.07) is 3.45. The van der Waals surface area contributed by atoms with Gasteiger partial charge in [-0.2, -0.15) is 0 Å². The number of fused-ring (bicyclic) bond motifs is 1. The topological polar surface area (TPSA) is 55.1 Å². The van der Waals surface area contributed by atoms with E-state index >= 15 is 0 Å². The van der Waals surface area contributed by atoms with E-state index in [2.05, 4.69) is 25.5 Å². The van der Waals surface area contributed by atoms with E-state index in [0.717, 1.165) is 24.8 Å². The molecule has 20 heavy (non-hydrogen) atoms. The molecule has 0 saturated heterocycles. The minimum absolute atomic E-state index is 0.0420. The van der Waals surface area contributed by atoms with Crippen LogP contribution in [0, 0.1) is 5.82 Å². The van der Waals surface area contributed by atoms with Crippen LogP contribution in [0.2, 0.25) is 0 Å². The first kappa shape index (κ1) is 13.9.